The van der Waals surface area contributed by atoms with Crippen LogP contribution >= 0.6 is 15.9 Å². The molecule has 0 aliphatic rings. The minimum atomic E-state index is -0.155. The van der Waals surface area contributed by atoms with Gasteiger partial charge in [0.15, 0.2) is 0 Å². The monoisotopic (exact) mass is 545 g/mol. The molecule has 3 aromatic carbocycles. The van der Waals surface area contributed by atoms with Gasteiger partial charge in [-0.1, -0.05) is 60.2 Å². The van der Waals surface area contributed by atoms with Gasteiger partial charge in [-0.25, -0.2) is 0 Å². The van der Waals surface area contributed by atoms with Gasteiger partial charge in [0.05, 0.1) is 5.56 Å². The molecule has 5 nitrogen and oxygen atoms in total. The quantitative estimate of drug-likeness (QED) is 0.266. The van der Waals surface area contributed by atoms with E-state index >= 15 is 0 Å². The molecule has 36 heavy (non-hydrogen) atoms. The van der Waals surface area contributed by atoms with Crippen LogP contribution in [0.3, 0.4) is 0 Å². The largest absolute Gasteiger partial charge is 0.361 e. The minimum Gasteiger partial charge on any atom is -0.361 e. The smallest absolute Gasteiger partial charge is 0.255 e. The van der Waals surface area contributed by atoms with Gasteiger partial charge in [0.2, 0.25) is 5.91 Å². The molecule has 0 radical (unpaired) electrons. The SMILES string of the molecule is Cc1ccc(CN(CCc2c[nH]c3ccccc23)C(=O)CN(C(=O)c2ccccc2Br)C(C)C)cc1. The highest BCUT2D eigenvalue weighted by Crippen LogP contribution is 2.21. The number of carbonyl (C=O) groups is 2. The highest BCUT2D eigenvalue weighted by atomic mass is 79.9. The molecule has 1 N–H and O–H groups in total. The van der Waals surface area contributed by atoms with Gasteiger partial charge in [-0.15, -0.1) is 0 Å². The van der Waals surface area contributed by atoms with E-state index in [1.54, 1.807) is 11.0 Å². The summed E-state index contributed by atoms with van der Waals surface area (Å²) >= 11 is 3.48. The molecule has 0 aliphatic heterocycles. The standard InChI is InChI=1S/C30H32BrN3O2/c1-21(2)34(30(36)26-9-4-6-10-27(26)31)20-29(35)33(19-23-14-12-22(3)13-15-23)17-16-24-18-32-28-11-7-5-8-25(24)28/h4-15,18,21,32H,16-17,19-20H2,1-3H3. The summed E-state index contributed by atoms with van der Waals surface area (Å²) in [6.45, 7) is 7.02. The zero-order chi connectivity index (χ0) is 25.7. The second-order valence-corrected chi connectivity index (χ2v) is 10.3. The molecule has 0 aliphatic carbocycles. The Morgan fingerprint density at radius 3 is 2.36 bits per heavy atom. The van der Waals surface area contributed by atoms with Crippen LogP contribution in [0, 0.1) is 6.92 Å². The number of hydrogen-bond donors (Lipinski definition) is 1. The highest BCUT2D eigenvalue weighted by Gasteiger charge is 2.26. The predicted octanol–water partition coefficient (Wildman–Crippen LogP) is 6.36. The fourth-order valence-corrected chi connectivity index (χ4v) is 4.78. The summed E-state index contributed by atoms with van der Waals surface area (Å²) in [7, 11) is 0. The molecule has 1 heterocycles. The van der Waals surface area contributed by atoms with E-state index in [0.29, 0.717) is 18.7 Å². The van der Waals surface area contributed by atoms with Gasteiger partial charge in [-0.3, -0.25) is 9.59 Å². The lowest BCUT2D eigenvalue weighted by Gasteiger charge is -2.30. The fourth-order valence-electron chi connectivity index (χ4n) is 4.32. The minimum absolute atomic E-state index is 0.0254. The second kappa shape index (κ2) is 11.6. The number of hydrogen-bond acceptors (Lipinski definition) is 2. The number of amides is 2. The van der Waals surface area contributed by atoms with E-state index in [-0.39, 0.29) is 24.4 Å². The van der Waals surface area contributed by atoms with Gasteiger partial charge < -0.3 is 14.8 Å². The fraction of sp³-hybridized carbons (Fsp3) is 0.267. The number of para-hydroxylation sites is 1. The Balaban J connectivity index is 1.55. The normalized spacial score (nSPS) is 11.1. The average Bonchev–Trinajstić information content (AvgIpc) is 3.29. The van der Waals surface area contributed by atoms with Crippen molar-refractivity contribution in [3.05, 3.63) is 106 Å². The van der Waals surface area contributed by atoms with Crippen molar-refractivity contribution in [2.75, 3.05) is 13.1 Å². The van der Waals surface area contributed by atoms with Crippen LogP contribution in [0.5, 0.6) is 0 Å². The number of carbonyl (C=O) groups excluding carboxylic acids is 2. The number of nitrogens with zero attached hydrogens (tertiary/aromatic N) is 2. The third-order valence-corrected chi connectivity index (χ3v) is 7.16. The third kappa shape index (κ3) is 6.05. The molecule has 2 amide bonds. The molecule has 0 spiro atoms. The van der Waals surface area contributed by atoms with E-state index in [4.69, 9.17) is 0 Å². The lowest BCUT2D eigenvalue weighted by atomic mass is 10.1. The molecular weight excluding hydrogens is 514 g/mol. The first kappa shape index (κ1) is 25.7. The Kier molecular flexibility index (Phi) is 8.26. The van der Waals surface area contributed by atoms with Crippen LogP contribution in [-0.4, -0.2) is 45.7 Å². The first-order valence-corrected chi connectivity index (χ1v) is 13.1. The molecule has 0 unspecified atom stereocenters. The first-order valence-electron chi connectivity index (χ1n) is 12.3. The van der Waals surface area contributed by atoms with Crippen molar-refractivity contribution >= 4 is 38.6 Å². The number of H-pyrrole nitrogens is 1. The van der Waals surface area contributed by atoms with Gasteiger partial charge in [0, 0.05) is 40.7 Å². The summed E-state index contributed by atoms with van der Waals surface area (Å²) < 4.78 is 0.726. The lowest BCUT2D eigenvalue weighted by Crippen LogP contribution is -2.46. The topological polar surface area (TPSA) is 56.4 Å². The maximum absolute atomic E-state index is 13.7. The number of nitrogens with one attached hydrogen (secondary N) is 1. The molecular formula is C30H32BrN3O2. The maximum Gasteiger partial charge on any atom is 0.255 e. The number of fused-ring (bicyclic) bond motifs is 1. The Morgan fingerprint density at radius 2 is 1.64 bits per heavy atom. The third-order valence-electron chi connectivity index (χ3n) is 6.47. The molecule has 4 aromatic rings. The molecule has 0 saturated carbocycles. The van der Waals surface area contributed by atoms with Gasteiger partial charge in [-0.05, 0) is 72.4 Å². The van der Waals surface area contributed by atoms with Crippen LogP contribution in [-0.2, 0) is 17.8 Å². The van der Waals surface area contributed by atoms with E-state index in [2.05, 4.69) is 64.2 Å². The summed E-state index contributed by atoms with van der Waals surface area (Å²) in [6, 6.07) is 23.7. The van der Waals surface area contributed by atoms with E-state index in [1.165, 1.54) is 16.5 Å². The van der Waals surface area contributed by atoms with Crippen molar-refractivity contribution in [3.63, 3.8) is 0 Å². The summed E-state index contributed by atoms with van der Waals surface area (Å²) in [5.74, 6) is -0.220. The number of halogens is 1. The van der Waals surface area contributed by atoms with Crippen molar-refractivity contribution in [2.45, 2.75) is 39.8 Å². The summed E-state index contributed by atoms with van der Waals surface area (Å²) in [5, 5.41) is 1.17. The van der Waals surface area contributed by atoms with Gasteiger partial charge in [0.1, 0.15) is 6.54 Å². The van der Waals surface area contributed by atoms with Gasteiger partial charge in [0.25, 0.3) is 5.91 Å². The molecule has 6 heteroatoms. The van der Waals surface area contributed by atoms with Gasteiger partial charge >= 0.3 is 0 Å². The highest BCUT2D eigenvalue weighted by molar-refractivity contribution is 9.10. The van der Waals surface area contributed by atoms with Crippen LogP contribution in [0.25, 0.3) is 10.9 Å². The van der Waals surface area contributed by atoms with Crippen LogP contribution in [0.1, 0.15) is 40.9 Å². The van der Waals surface area contributed by atoms with Crippen LogP contribution in [0.2, 0.25) is 0 Å². The van der Waals surface area contributed by atoms with Crippen molar-refractivity contribution in [1.29, 1.82) is 0 Å². The van der Waals surface area contributed by atoms with Crippen molar-refractivity contribution < 1.29 is 9.59 Å². The molecule has 0 fully saturated rings. The maximum atomic E-state index is 13.7. The Morgan fingerprint density at radius 1 is 0.944 bits per heavy atom. The molecule has 0 saturated heterocycles. The zero-order valence-electron chi connectivity index (χ0n) is 21.0. The van der Waals surface area contributed by atoms with Gasteiger partial charge in [-0.2, -0.15) is 0 Å². The van der Waals surface area contributed by atoms with Crippen LogP contribution in [0.4, 0.5) is 0 Å². The molecule has 0 atom stereocenters. The number of aromatic amines is 1. The van der Waals surface area contributed by atoms with Crippen LogP contribution in [0.15, 0.2) is 83.5 Å². The number of aryl methyl sites for hydroxylation is 1. The number of rotatable bonds is 9. The molecule has 1 aromatic heterocycles. The molecule has 4 rings (SSSR count). The van der Waals surface area contributed by atoms with E-state index in [9.17, 15) is 9.59 Å². The van der Waals surface area contributed by atoms with Crippen molar-refractivity contribution in [1.82, 2.24) is 14.8 Å². The van der Waals surface area contributed by atoms with E-state index < -0.39 is 0 Å². The zero-order valence-corrected chi connectivity index (χ0v) is 22.6. The lowest BCUT2D eigenvalue weighted by molar-refractivity contribution is -0.132. The Hall–Kier alpha value is -3.38. The van der Waals surface area contributed by atoms with E-state index in [1.807, 2.05) is 55.3 Å². The average molecular weight is 547 g/mol. The molecule has 186 valence electrons. The van der Waals surface area contributed by atoms with Crippen molar-refractivity contribution in [2.24, 2.45) is 0 Å². The molecule has 0 bridgehead atoms. The predicted molar refractivity (Wildman–Crippen MR) is 149 cm³/mol. The van der Waals surface area contributed by atoms with Crippen molar-refractivity contribution in [3.8, 4) is 0 Å². The Bertz CT molecular complexity index is 1340. The number of aromatic nitrogens is 1. The van der Waals surface area contributed by atoms with Crippen LogP contribution < -0.4 is 0 Å². The summed E-state index contributed by atoms with van der Waals surface area (Å²) in [5.41, 5.74) is 5.08. The first-order chi connectivity index (χ1) is 17.3. The number of benzene rings is 3. The summed E-state index contributed by atoms with van der Waals surface area (Å²) in [4.78, 5) is 33.9. The second-order valence-electron chi connectivity index (χ2n) is 9.42. The van der Waals surface area contributed by atoms with E-state index in [0.717, 1.165) is 22.0 Å². The summed E-state index contributed by atoms with van der Waals surface area (Å²) in [6.07, 6.45) is 2.75. The Labute approximate surface area is 221 Å².